The second kappa shape index (κ2) is 16.1. The van der Waals surface area contributed by atoms with Gasteiger partial charge in [0.1, 0.15) is 12.1 Å². The van der Waals surface area contributed by atoms with Crippen LogP contribution >= 0.6 is 0 Å². The van der Waals surface area contributed by atoms with Crippen LogP contribution in [0.1, 0.15) is 111 Å². The average molecular weight is 724 g/mol. The summed E-state index contributed by atoms with van der Waals surface area (Å²) in [4.78, 5) is 40.7. The Balaban J connectivity index is 0.885. The lowest BCUT2D eigenvalue weighted by molar-refractivity contribution is 0.0703. The molecule has 6 aromatic rings. The van der Waals surface area contributed by atoms with Crippen molar-refractivity contribution in [3.05, 3.63) is 142 Å². The van der Waals surface area contributed by atoms with E-state index < -0.39 is 0 Å². The summed E-state index contributed by atoms with van der Waals surface area (Å²) >= 11 is 0. The molecule has 0 spiro atoms. The van der Waals surface area contributed by atoms with Crippen molar-refractivity contribution in [2.45, 2.75) is 82.8 Å². The number of fused-ring (bicyclic) bond motifs is 1. The first kappa shape index (κ1) is 35.4. The number of aryl methyl sites for hydroxylation is 4. The third-order valence-electron chi connectivity index (χ3n) is 10.7. The number of amides is 2. The Bertz CT molecular complexity index is 2210. The fourth-order valence-corrected chi connectivity index (χ4v) is 7.77. The summed E-state index contributed by atoms with van der Waals surface area (Å²) in [5.74, 6) is 2.20. The van der Waals surface area contributed by atoms with E-state index in [2.05, 4.69) is 51.7 Å². The molecule has 0 unspecified atom stereocenters. The van der Waals surface area contributed by atoms with E-state index >= 15 is 0 Å². The van der Waals surface area contributed by atoms with Crippen LogP contribution in [0.15, 0.2) is 100 Å². The minimum atomic E-state index is -0.254. The minimum Gasteiger partial charge on any atom is -0.337 e. The first-order valence-corrected chi connectivity index (χ1v) is 19.1. The summed E-state index contributed by atoms with van der Waals surface area (Å²) in [6.07, 6.45) is 8.39. The zero-order valence-corrected chi connectivity index (χ0v) is 30.4. The maximum absolute atomic E-state index is 13.8. The molecule has 54 heavy (non-hydrogen) atoms. The highest BCUT2D eigenvalue weighted by Crippen LogP contribution is 2.35. The second-order valence-electron chi connectivity index (χ2n) is 14.4. The number of carbonyl (C=O) groups is 2. The molecule has 8 rings (SSSR count). The number of nitrogens with zero attached hydrogens (tertiary/aromatic N) is 6. The van der Waals surface area contributed by atoms with Crippen molar-refractivity contribution in [3.8, 4) is 0 Å². The van der Waals surface area contributed by atoms with Crippen molar-refractivity contribution in [2.75, 3.05) is 13.1 Å². The topological polar surface area (TPSA) is 144 Å². The quantitative estimate of drug-likeness (QED) is 0.129. The standard InChI is InChI=1S/C43H45N7O4/c44-28-31-18-16-30(17-19-31)11-5-15-39-46-41(54-48-39)37-13-7-25-50(37)43(52)35-23-21-32-26-34(22-20-33(32)27-35)42(51)49-24-6-12-36(49)40-45-38(47-53-40)14-4-10-29-8-2-1-3-9-29/h1-3,8-9,16-23,26-27,36-37H,4-7,10-15,24-25,28,44H2/t36-,37-/m0/s1. The summed E-state index contributed by atoms with van der Waals surface area (Å²) in [5, 5.41) is 10.2. The van der Waals surface area contributed by atoms with Crippen LogP contribution in [0.3, 0.4) is 0 Å². The molecule has 2 amide bonds. The SMILES string of the molecule is NCc1ccc(CCCc2noc([C@@H]3CCCN3C(=O)c3ccc4cc(C(=O)N5CCC[C@H]5c5nc(CCCc6ccccc6)no5)ccc4c3)n2)cc1. The fraction of sp³-hybridized carbons (Fsp3) is 0.349. The molecule has 2 N–H and O–H groups in total. The van der Waals surface area contributed by atoms with Gasteiger partial charge in [-0.05, 0) is 103 Å². The molecule has 0 bridgehead atoms. The van der Waals surface area contributed by atoms with E-state index in [0.29, 0.717) is 60.6 Å². The van der Waals surface area contributed by atoms with Crippen LogP contribution in [0.2, 0.25) is 0 Å². The number of carbonyl (C=O) groups excluding carboxylic acids is 2. The Kier molecular flexibility index (Phi) is 10.6. The van der Waals surface area contributed by atoms with Crippen LogP contribution in [-0.4, -0.2) is 55.0 Å². The summed E-state index contributed by atoms with van der Waals surface area (Å²) in [5.41, 5.74) is 10.6. The lowest BCUT2D eigenvalue weighted by Crippen LogP contribution is -2.31. The summed E-state index contributed by atoms with van der Waals surface area (Å²) in [6, 6.07) is 29.5. The first-order valence-electron chi connectivity index (χ1n) is 19.1. The van der Waals surface area contributed by atoms with E-state index in [1.165, 1.54) is 11.1 Å². The van der Waals surface area contributed by atoms with E-state index in [1.807, 2.05) is 64.4 Å². The lowest BCUT2D eigenvalue weighted by Gasteiger charge is -2.23. The van der Waals surface area contributed by atoms with Gasteiger partial charge < -0.3 is 24.6 Å². The largest absolute Gasteiger partial charge is 0.337 e. The molecule has 276 valence electrons. The summed E-state index contributed by atoms with van der Waals surface area (Å²) in [6.45, 7) is 1.79. The molecule has 2 fully saturated rings. The molecular weight excluding hydrogens is 679 g/mol. The fourth-order valence-electron chi connectivity index (χ4n) is 7.77. The number of aromatic nitrogens is 4. The van der Waals surface area contributed by atoms with Gasteiger partial charge in [0, 0.05) is 43.6 Å². The van der Waals surface area contributed by atoms with Gasteiger partial charge >= 0.3 is 0 Å². The van der Waals surface area contributed by atoms with E-state index in [9.17, 15) is 9.59 Å². The van der Waals surface area contributed by atoms with Crippen molar-refractivity contribution in [1.29, 1.82) is 0 Å². The molecule has 2 aromatic heterocycles. The number of benzene rings is 4. The predicted octanol–water partition coefficient (Wildman–Crippen LogP) is 7.37. The molecular formula is C43H45N7O4. The molecule has 4 aromatic carbocycles. The van der Waals surface area contributed by atoms with Gasteiger partial charge in [0.15, 0.2) is 11.6 Å². The van der Waals surface area contributed by atoms with Gasteiger partial charge in [0.25, 0.3) is 11.8 Å². The van der Waals surface area contributed by atoms with Gasteiger partial charge in [-0.15, -0.1) is 0 Å². The zero-order chi connectivity index (χ0) is 36.9. The van der Waals surface area contributed by atoms with Gasteiger partial charge in [0.2, 0.25) is 11.8 Å². The molecule has 11 heteroatoms. The number of rotatable bonds is 13. The third-order valence-corrected chi connectivity index (χ3v) is 10.7. The molecule has 2 aliphatic rings. The highest BCUT2D eigenvalue weighted by Gasteiger charge is 2.36. The highest BCUT2D eigenvalue weighted by atomic mass is 16.5. The Morgan fingerprint density at radius 3 is 1.59 bits per heavy atom. The van der Waals surface area contributed by atoms with Gasteiger partial charge in [-0.1, -0.05) is 77.0 Å². The molecule has 2 aliphatic heterocycles. The first-order chi connectivity index (χ1) is 26.5. The monoisotopic (exact) mass is 723 g/mol. The molecule has 0 aliphatic carbocycles. The van der Waals surface area contributed by atoms with Crippen LogP contribution in [0.25, 0.3) is 10.8 Å². The number of nitrogens with two attached hydrogens (primary N) is 1. The van der Waals surface area contributed by atoms with E-state index in [0.717, 1.165) is 74.1 Å². The predicted molar refractivity (Wildman–Crippen MR) is 203 cm³/mol. The second-order valence-corrected chi connectivity index (χ2v) is 14.4. The molecule has 2 saturated heterocycles. The maximum Gasteiger partial charge on any atom is 0.254 e. The zero-order valence-electron chi connectivity index (χ0n) is 30.4. The third kappa shape index (κ3) is 7.82. The van der Waals surface area contributed by atoms with Crippen molar-refractivity contribution >= 4 is 22.6 Å². The lowest BCUT2D eigenvalue weighted by atomic mass is 10.0. The van der Waals surface area contributed by atoms with Crippen LogP contribution < -0.4 is 5.73 Å². The minimum absolute atomic E-state index is 0.0663. The maximum atomic E-state index is 13.8. The molecule has 4 heterocycles. The number of hydrogen-bond donors (Lipinski definition) is 1. The molecule has 0 radical (unpaired) electrons. The van der Waals surface area contributed by atoms with Gasteiger partial charge in [0.05, 0.1) is 0 Å². The average Bonchev–Trinajstić information content (AvgIpc) is 4.05. The Morgan fingerprint density at radius 1 is 0.611 bits per heavy atom. The summed E-state index contributed by atoms with van der Waals surface area (Å²) in [7, 11) is 0. The number of likely N-dealkylation sites (tertiary alicyclic amines) is 2. The van der Waals surface area contributed by atoms with Gasteiger partial charge in [-0.25, -0.2) is 0 Å². The van der Waals surface area contributed by atoms with E-state index in [4.69, 9.17) is 19.8 Å². The molecule has 11 nitrogen and oxygen atoms in total. The van der Waals surface area contributed by atoms with Gasteiger partial charge in [-0.2, -0.15) is 9.97 Å². The Labute approximate surface area is 314 Å². The van der Waals surface area contributed by atoms with Crippen LogP contribution in [0, 0.1) is 0 Å². The molecule has 0 saturated carbocycles. The summed E-state index contributed by atoms with van der Waals surface area (Å²) < 4.78 is 11.4. The highest BCUT2D eigenvalue weighted by molar-refractivity contribution is 6.02. The van der Waals surface area contributed by atoms with Crippen LogP contribution in [0.5, 0.6) is 0 Å². The van der Waals surface area contributed by atoms with Crippen molar-refractivity contribution in [2.24, 2.45) is 5.73 Å². The Hall–Kier alpha value is -5.68. The van der Waals surface area contributed by atoms with E-state index in [1.54, 1.807) is 0 Å². The van der Waals surface area contributed by atoms with Crippen LogP contribution in [-0.2, 0) is 32.2 Å². The smallest absolute Gasteiger partial charge is 0.254 e. The van der Waals surface area contributed by atoms with Gasteiger partial charge in [-0.3, -0.25) is 9.59 Å². The number of hydrogen-bond acceptors (Lipinski definition) is 9. The van der Waals surface area contributed by atoms with Crippen molar-refractivity contribution in [3.63, 3.8) is 0 Å². The van der Waals surface area contributed by atoms with Crippen molar-refractivity contribution < 1.29 is 18.6 Å². The van der Waals surface area contributed by atoms with Crippen molar-refractivity contribution in [1.82, 2.24) is 30.1 Å². The molecule has 2 atom stereocenters. The normalized spacial score (nSPS) is 17.1. The van der Waals surface area contributed by atoms with Crippen LogP contribution in [0.4, 0.5) is 0 Å². The Morgan fingerprint density at radius 2 is 1.09 bits per heavy atom. The van der Waals surface area contributed by atoms with E-state index in [-0.39, 0.29) is 23.9 Å².